The molecular formula is C19H23ClN2O2. The average molecular weight is 347 g/mol. The van der Waals surface area contributed by atoms with Crippen LogP contribution in [0.15, 0.2) is 18.3 Å². The van der Waals surface area contributed by atoms with Crippen LogP contribution in [0.2, 0.25) is 5.02 Å². The highest BCUT2D eigenvalue weighted by atomic mass is 35.5. The quantitative estimate of drug-likeness (QED) is 0.779. The predicted octanol–water partition coefficient (Wildman–Crippen LogP) is 4.86. The molecule has 1 aliphatic carbocycles. The van der Waals surface area contributed by atoms with Crippen LogP contribution in [0, 0.1) is 5.92 Å². The van der Waals surface area contributed by atoms with E-state index in [-0.39, 0.29) is 12.1 Å². The molecule has 4 rings (SSSR count). The summed E-state index contributed by atoms with van der Waals surface area (Å²) in [6, 6.07) is 3.98. The monoisotopic (exact) mass is 346 g/mol. The van der Waals surface area contributed by atoms with E-state index in [2.05, 4.69) is 12.0 Å². The number of rotatable bonds is 2. The third-order valence-corrected chi connectivity index (χ3v) is 5.91. The summed E-state index contributed by atoms with van der Waals surface area (Å²) < 4.78 is 7.89. The second kappa shape index (κ2) is 6.49. The van der Waals surface area contributed by atoms with Crippen LogP contribution in [0.3, 0.4) is 0 Å². The first kappa shape index (κ1) is 16.1. The Bertz CT molecular complexity index is 764. The van der Waals surface area contributed by atoms with Crippen molar-refractivity contribution in [3.63, 3.8) is 0 Å². The van der Waals surface area contributed by atoms with Crippen molar-refractivity contribution in [3.05, 3.63) is 28.9 Å². The Morgan fingerprint density at radius 3 is 2.96 bits per heavy atom. The summed E-state index contributed by atoms with van der Waals surface area (Å²) in [6.45, 7) is 3.02. The molecule has 24 heavy (non-hydrogen) atoms. The first-order valence-corrected chi connectivity index (χ1v) is 9.32. The zero-order chi connectivity index (χ0) is 16.7. The third kappa shape index (κ3) is 2.76. The third-order valence-electron chi connectivity index (χ3n) is 5.58. The topological polar surface area (TPSA) is 44.1 Å². The summed E-state index contributed by atoms with van der Waals surface area (Å²) in [4.78, 5) is 12.0. The molecule has 2 aliphatic rings. The number of ether oxygens (including phenoxy) is 1. The minimum Gasteiger partial charge on any atom is -0.356 e. The SMILES string of the molecule is C[C@@H]1CCC(=O)CC1c1c(Cl)ccc2c1cnn2C1CCCCO1. The van der Waals surface area contributed by atoms with Crippen molar-refractivity contribution in [2.24, 2.45) is 5.92 Å². The average Bonchev–Trinajstić information content (AvgIpc) is 3.02. The zero-order valence-electron chi connectivity index (χ0n) is 14.0. The smallest absolute Gasteiger partial charge is 0.150 e. The van der Waals surface area contributed by atoms with Gasteiger partial charge in [0.2, 0.25) is 0 Å². The number of carbonyl (C=O) groups is 1. The Morgan fingerprint density at radius 2 is 2.17 bits per heavy atom. The number of nitrogens with zero attached hydrogens (tertiary/aromatic N) is 2. The predicted molar refractivity (Wildman–Crippen MR) is 94.3 cm³/mol. The van der Waals surface area contributed by atoms with Crippen molar-refractivity contribution < 1.29 is 9.53 Å². The Kier molecular flexibility index (Phi) is 4.35. The maximum atomic E-state index is 12.0. The van der Waals surface area contributed by atoms with E-state index in [0.717, 1.165) is 47.4 Å². The van der Waals surface area contributed by atoms with Crippen molar-refractivity contribution in [1.82, 2.24) is 9.78 Å². The van der Waals surface area contributed by atoms with E-state index in [9.17, 15) is 4.79 Å². The van der Waals surface area contributed by atoms with Gasteiger partial charge >= 0.3 is 0 Å². The lowest BCUT2D eigenvalue weighted by Crippen LogP contribution is -2.22. The zero-order valence-corrected chi connectivity index (χ0v) is 14.8. The lowest BCUT2D eigenvalue weighted by Gasteiger charge is -2.29. The van der Waals surface area contributed by atoms with Crippen molar-refractivity contribution >= 4 is 28.3 Å². The Balaban J connectivity index is 1.79. The molecule has 2 aromatic rings. The van der Waals surface area contributed by atoms with Gasteiger partial charge in [-0.1, -0.05) is 18.5 Å². The van der Waals surface area contributed by atoms with Crippen molar-refractivity contribution in [3.8, 4) is 0 Å². The number of fused-ring (bicyclic) bond motifs is 1. The van der Waals surface area contributed by atoms with Crippen molar-refractivity contribution in [2.45, 2.75) is 57.6 Å². The number of benzene rings is 1. The summed E-state index contributed by atoms with van der Waals surface area (Å²) in [6.07, 6.45) is 7.42. The van der Waals surface area contributed by atoms with E-state index in [1.807, 2.05) is 23.0 Å². The van der Waals surface area contributed by atoms with Crippen LogP contribution in [0.25, 0.3) is 10.9 Å². The van der Waals surface area contributed by atoms with Crippen LogP contribution in [-0.2, 0) is 9.53 Å². The fourth-order valence-corrected chi connectivity index (χ4v) is 4.47. The maximum Gasteiger partial charge on any atom is 0.150 e. The van der Waals surface area contributed by atoms with Gasteiger partial charge in [-0.2, -0.15) is 5.10 Å². The number of carbonyl (C=O) groups excluding carboxylic acids is 1. The van der Waals surface area contributed by atoms with Gasteiger partial charge in [0.25, 0.3) is 0 Å². The van der Waals surface area contributed by atoms with E-state index in [1.54, 1.807) is 0 Å². The van der Waals surface area contributed by atoms with E-state index in [0.29, 0.717) is 24.5 Å². The van der Waals surface area contributed by atoms with Crippen LogP contribution in [0.1, 0.15) is 63.2 Å². The summed E-state index contributed by atoms with van der Waals surface area (Å²) in [7, 11) is 0. The van der Waals surface area contributed by atoms with E-state index < -0.39 is 0 Å². The van der Waals surface area contributed by atoms with Crippen molar-refractivity contribution in [2.75, 3.05) is 6.61 Å². The first-order valence-electron chi connectivity index (χ1n) is 8.94. The molecule has 2 heterocycles. The molecule has 0 N–H and O–H groups in total. The van der Waals surface area contributed by atoms with Crippen LogP contribution < -0.4 is 0 Å². The number of hydrogen-bond acceptors (Lipinski definition) is 3. The molecular weight excluding hydrogens is 324 g/mol. The summed E-state index contributed by atoms with van der Waals surface area (Å²) >= 11 is 6.57. The standard InChI is InChI=1S/C19H23ClN2O2/c1-12-5-6-13(23)10-14(12)19-15-11-21-22(17(15)8-7-16(19)20)18-4-2-3-9-24-18/h7-8,11-12,14,18H,2-6,9-10H2,1H3/t12-,14?,18?/m1/s1. The van der Waals surface area contributed by atoms with Gasteiger partial charge in [0, 0.05) is 29.9 Å². The minimum atomic E-state index is 0.00990. The Morgan fingerprint density at radius 1 is 1.29 bits per heavy atom. The molecule has 2 unspecified atom stereocenters. The van der Waals surface area contributed by atoms with Gasteiger partial charge < -0.3 is 4.74 Å². The molecule has 5 heteroatoms. The van der Waals surface area contributed by atoms with Crippen LogP contribution >= 0.6 is 11.6 Å². The van der Waals surface area contributed by atoms with Crippen LogP contribution in [-0.4, -0.2) is 22.2 Å². The van der Waals surface area contributed by atoms with E-state index in [4.69, 9.17) is 16.3 Å². The fourth-order valence-electron chi connectivity index (χ4n) is 4.16. The number of ketones is 1. The number of halogens is 1. The number of Topliss-reactive ketones (excluding diaryl/α,β-unsaturated/α-hetero) is 1. The molecule has 3 atom stereocenters. The Hall–Kier alpha value is -1.39. The molecule has 1 saturated heterocycles. The van der Waals surface area contributed by atoms with Crippen LogP contribution in [0.5, 0.6) is 0 Å². The van der Waals surface area contributed by atoms with Gasteiger partial charge in [-0.3, -0.25) is 4.79 Å². The summed E-state index contributed by atoms with van der Waals surface area (Å²) in [5, 5.41) is 6.43. The molecule has 2 fully saturated rings. The molecule has 1 aromatic carbocycles. The molecule has 0 radical (unpaired) electrons. The summed E-state index contributed by atoms with van der Waals surface area (Å²) in [5.41, 5.74) is 2.16. The highest BCUT2D eigenvalue weighted by Crippen LogP contribution is 2.43. The van der Waals surface area contributed by atoms with Gasteiger partial charge in [0.1, 0.15) is 5.78 Å². The summed E-state index contributed by atoms with van der Waals surface area (Å²) in [5.74, 6) is 0.988. The van der Waals surface area contributed by atoms with E-state index >= 15 is 0 Å². The van der Waals surface area contributed by atoms with Gasteiger partial charge in [0.15, 0.2) is 6.23 Å². The highest BCUT2D eigenvalue weighted by molar-refractivity contribution is 6.32. The molecule has 4 nitrogen and oxygen atoms in total. The van der Waals surface area contributed by atoms with E-state index in [1.165, 1.54) is 6.42 Å². The molecule has 1 aromatic heterocycles. The number of aromatic nitrogens is 2. The highest BCUT2D eigenvalue weighted by Gasteiger charge is 2.31. The van der Waals surface area contributed by atoms with Crippen molar-refractivity contribution in [1.29, 1.82) is 0 Å². The van der Waals surface area contributed by atoms with Gasteiger partial charge in [0.05, 0.1) is 11.7 Å². The molecule has 0 amide bonds. The second-order valence-corrected chi connectivity index (χ2v) is 7.58. The molecule has 1 aliphatic heterocycles. The van der Waals surface area contributed by atoms with Gasteiger partial charge in [-0.15, -0.1) is 0 Å². The lowest BCUT2D eigenvalue weighted by molar-refractivity contribution is -0.121. The lowest BCUT2D eigenvalue weighted by atomic mass is 9.75. The first-order chi connectivity index (χ1) is 11.6. The normalized spacial score (nSPS) is 28.4. The second-order valence-electron chi connectivity index (χ2n) is 7.17. The molecule has 0 bridgehead atoms. The number of hydrogen-bond donors (Lipinski definition) is 0. The fraction of sp³-hybridized carbons (Fsp3) is 0.579. The van der Waals surface area contributed by atoms with Gasteiger partial charge in [-0.25, -0.2) is 4.68 Å². The van der Waals surface area contributed by atoms with Crippen LogP contribution in [0.4, 0.5) is 0 Å². The minimum absolute atomic E-state index is 0.00990. The molecule has 0 spiro atoms. The Labute approximate surface area is 147 Å². The molecule has 128 valence electrons. The largest absolute Gasteiger partial charge is 0.356 e. The van der Waals surface area contributed by atoms with Gasteiger partial charge in [-0.05, 0) is 55.2 Å². The molecule has 1 saturated carbocycles. The maximum absolute atomic E-state index is 12.0.